The van der Waals surface area contributed by atoms with Gasteiger partial charge in [0.25, 0.3) is 5.91 Å². The predicted molar refractivity (Wildman–Crippen MR) is 110 cm³/mol. The van der Waals surface area contributed by atoms with Crippen LogP contribution in [-0.2, 0) is 0 Å². The fraction of sp³-hybridized carbons (Fsp3) is 0.588. The molecule has 0 fully saturated rings. The Balaban J connectivity index is 0.00000529. The minimum absolute atomic E-state index is 0. The lowest BCUT2D eigenvalue weighted by Crippen LogP contribution is -2.44. The zero-order valence-electron chi connectivity index (χ0n) is 14.8. The van der Waals surface area contributed by atoms with E-state index in [1.807, 2.05) is 0 Å². The largest absolute Gasteiger partial charge is 0.355 e. The molecule has 0 radical (unpaired) electrons. The Labute approximate surface area is 162 Å². The van der Waals surface area contributed by atoms with E-state index < -0.39 is 0 Å². The Morgan fingerprint density at radius 1 is 1.29 bits per heavy atom. The van der Waals surface area contributed by atoms with Crippen LogP contribution in [0.3, 0.4) is 0 Å². The molecule has 0 aliphatic carbocycles. The van der Waals surface area contributed by atoms with E-state index in [2.05, 4.69) is 39.8 Å². The number of hydrogen-bond acceptors (Lipinski definition) is 3. The highest BCUT2D eigenvalue weighted by molar-refractivity contribution is 14.0. The van der Waals surface area contributed by atoms with Crippen LogP contribution in [0.25, 0.3) is 0 Å². The van der Waals surface area contributed by atoms with Crippen LogP contribution in [0.1, 0.15) is 49.9 Å². The minimum atomic E-state index is -0.115. The van der Waals surface area contributed by atoms with Crippen LogP contribution in [0.5, 0.6) is 0 Å². The molecule has 0 bridgehead atoms. The van der Waals surface area contributed by atoms with E-state index in [1.54, 1.807) is 31.6 Å². The summed E-state index contributed by atoms with van der Waals surface area (Å²) < 4.78 is 0. The van der Waals surface area contributed by atoms with Crippen molar-refractivity contribution in [2.24, 2.45) is 4.99 Å². The molecule has 6 nitrogen and oxygen atoms in total. The molecule has 24 heavy (non-hydrogen) atoms. The summed E-state index contributed by atoms with van der Waals surface area (Å²) in [5, 5.41) is 9.42. The first-order chi connectivity index (χ1) is 11.2. The van der Waals surface area contributed by atoms with Gasteiger partial charge in [0.2, 0.25) is 0 Å². The van der Waals surface area contributed by atoms with E-state index in [4.69, 9.17) is 0 Å². The van der Waals surface area contributed by atoms with E-state index in [9.17, 15) is 4.79 Å². The zero-order chi connectivity index (χ0) is 16.9. The molecule has 1 heterocycles. The molecule has 1 amide bonds. The SMILES string of the molecule is CCCCCC(C)NC(=NC)NCCNC(=O)c1cccnc1.I. The van der Waals surface area contributed by atoms with Crippen molar-refractivity contribution in [3.8, 4) is 0 Å². The van der Waals surface area contributed by atoms with E-state index in [-0.39, 0.29) is 29.9 Å². The number of carbonyl (C=O) groups excluding carboxylic acids is 1. The summed E-state index contributed by atoms with van der Waals surface area (Å²) in [6.45, 7) is 5.51. The molecule has 1 unspecified atom stereocenters. The topological polar surface area (TPSA) is 78.4 Å². The van der Waals surface area contributed by atoms with Gasteiger partial charge in [0.05, 0.1) is 5.56 Å². The molecule has 0 aliphatic rings. The fourth-order valence-corrected chi connectivity index (χ4v) is 2.16. The van der Waals surface area contributed by atoms with Crippen molar-refractivity contribution in [3.63, 3.8) is 0 Å². The van der Waals surface area contributed by atoms with Crippen molar-refractivity contribution >= 4 is 35.8 Å². The van der Waals surface area contributed by atoms with Crippen molar-refractivity contribution in [2.75, 3.05) is 20.1 Å². The monoisotopic (exact) mass is 447 g/mol. The van der Waals surface area contributed by atoms with Crippen LogP contribution in [0.4, 0.5) is 0 Å². The lowest BCUT2D eigenvalue weighted by molar-refractivity contribution is 0.0954. The maximum absolute atomic E-state index is 11.9. The first-order valence-electron chi connectivity index (χ1n) is 8.32. The molecule has 1 rings (SSSR count). The molecular formula is C17H30IN5O. The normalized spacial score (nSPS) is 12.0. The summed E-state index contributed by atoms with van der Waals surface area (Å²) in [4.78, 5) is 20.0. The van der Waals surface area contributed by atoms with Crippen molar-refractivity contribution in [3.05, 3.63) is 30.1 Å². The number of pyridine rings is 1. The van der Waals surface area contributed by atoms with Gasteiger partial charge in [-0.25, -0.2) is 0 Å². The van der Waals surface area contributed by atoms with Gasteiger partial charge in [-0.3, -0.25) is 14.8 Å². The predicted octanol–water partition coefficient (Wildman–Crippen LogP) is 2.56. The molecule has 0 saturated carbocycles. The summed E-state index contributed by atoms with van der Waals surface area (Å²) in [7, 11) is 1.75. The van der Waals surface area contributed by atoms with Crippen molar-refractivity contribution < 1.29 is 4.79 Å². The number of hydrogen-bond donors (Lipinski definition) is 3. The van der Waals surface area contributed by atoms with Crippen LogP contribution in [-0.4, -0.2) is 43.0 Å². The Hall–Kier alpha value is -1.38. The molecule has 0 aromatic carbocycles. The van der Waals surface area contributed by atoms with E-state index in [0.29, 0.717) is 24.7 Å². The number of unbranched alkanes of at least 4 members (excludes halogenated alkanes) is 2. The van der Waals surface area contributed by atoms with E-state index in [1.165, 1.54) is 19.3 Å². The average molecular weight is 447 g/mol. The summed E-state index contributed by atoms with van der Waals surface area (Å²) in [5.41, 5.74) is 0.569. The number of guanidine groups is 1. The summed E-state index contributed by atoms with van der Waals surface area (Å²) in [5.74, 6) is 0.653. The molecule has 1 aromatic heterocycles. The highest BCUT2D eigenvalue weighted by Crippen LogP contribution is 2.02. The first-order valence-corrected chi connectivity index (χ1v) is 8.32. The Morgan fingerprint density at radius 2 is 2.04 bits per heavy atom. The van der Waals surface area contributed by atoms with Gasteiger partial charge in [0.1, 0.15) is 0 Å². The number of aromatic nitrogens is 1. The van der Waals surface area contributed by atoms with Crippen molar-refractivity contribution in [2.45, 2.75) is 45.6 Å². The van der Waals surface area contributed by atoms with Crippen LogP contribution >= 0.6 is 24.0 Å². The Bertz CT molecular complexity index is 481. The molecular weight excluding hydrogens is 417 g/mol. The van der Waals surface area contributed by atoms with Gasteiger partial charge < -0.3 is 16.0 Å². The summed E-state index contributed by atoms with van der Waals surface area (Å²) in [6, 6.07) is 3.88. The third kappa shape index (κ3) is 9.69. The van der Waals surface area contributed by atoms with Gasteiger partial charge in [-0.05, 0) is 25.5 Å². The van der Waals surface area contributed by atoms with Crippen LogP contribution < -0.4 is 16.0 Å². The fourth-order valence-electron chi connectivity index (χ4n) is 2.16. The molecule has 3 N–H and O–H groups in total. The Morgan fingerprint density at radius 3 is 2.67 bits per heavy atom. The molecule has 0 saturated heterocycles. The number of nitrogens with one attached hydrogen (secondary N) is 3. The third-order valence-electron chi connectivity index (χ3n) is 3.47. The summed E-state index contributed by atoms with van der Waals surface area (Å²) >= 11 is 0. The van der Waals surface area contributed by atoms with E-state index >= 15 is 0 Å². The maximum atomic E-state index is 11.9. The van der Waals surface area contributed by atoms with Crippen molar-refractivity contribution in [1.29, 1.82) is 0 Å². The molecule has 136 valence electrons. The Kier molecular flexibility index (Phi) is 13.2. The molecule has 0 spiro atoms. The zero-order valence-corrected chi connectivity index (χ0v) is 17.2. The van der Waals surface area contributed by atoms with Gasteiger partial charge in [0, 0.05) is 38.6 Å². The highest BCUT2D eigenvalue weighted by Gasteiger charge is 2.06. The lowest BCUT2D eigenvalue weighted by Gasteiger charge is -2.18. The molecule has 1 aromatic rings. The van der Waals surface area contributed by atoms with Crippen LogP contribution in [0, 0.1) is 0 Å². The van der Waals surface area contributed by atoms with Crippen LogP contribution in [0.2, 0.25) is 0 Å². The van der Waals surface area contributed by atoms with Gasteiger partial charge in [-0.2, -0.15) is 0 Å². The number of nitrogens with zero attached hydrogens (tertiary/aromatic N) is 2. The van der Waals surface area contributed by atoms with Gasteiger partial charge in [0.15, 0.2) is 5.96 Å². The van der Waals surface area contributed by atoms with Crippen LogP contribution in [0.15, 0.2) is 29.5 Å². The first kappa shape index (κ1) is 22.6. The van der Waals surface area contributed by atoms with Crippen molar-refractivity contribution in [1.82, 2.24) is 20.9 Å². The van der Waals surface area contributed by atoms with Gasteiger partial charge in [-0.1, -0.05) is 26.2 Å². The lowest BCUT2D eigenvalue weighted by atomic mass is 10.1. The number of halogens is 1. The average Bonchev–Trinajstić information content (AvgIpc) is 2.58. The second kappa shape index (κ2) is 14.0. The molecule has 1 atom stereocenters. The maximum Gasteiger partial charge on any atom is 0.252 e. The quantitative estimate of drug-likeness (QED) is 0.235. The molecule has 7 heteroatoms. The number of aliphatic imine (C=N–C) groups is 1. The number of carbonyl (C=O) groups is 1. The second-order valence-corrected chi connectivity index (χ2v) is 5.54. The van der Waals surface area contributed by atoms with E-state index in [0.717, 1.165) is 12.4 Å². The number of amides is 1. The molecule has 0 aliphatic heterocycles. The van der Waals surface area contributed by atoms with Gasteiger partial charge >= 0.3 is 0 Å². The standard InChI is InChI=1S/C17H29N5O.HI/c1-4-5-6-8-14(2)22-17(18-3)21-12-11-20-16(23)15-9-7-10-19-13-15;/h7,9-10,13-14H,4-6,8,11-12H2,1-3H3,(H,20,23)(H2,18,21,22);1H. The second-order valence-electron chi connectivity index (χ2n) is 5.54. The van der Waals surface area contributed by atoms with Gasteiger partial charge in [-0.15, -0.1) is 24.0 Å². The summed E-state index contributed by atoms with van der Waals surface area (Å²) in [6.07, 6.45) is 8.06. The number of rotatable bonds is 9. The third-order valence-corrected chi connectivity index (χ3v) is 3.47. The minimum Gasteiger partial charge on any atom is -0.355 e. The highest BCUT2D eigenvalue weighted by atomic mass is 127. The smallest absolute Gasteiger partial charge is 0.252 e.